The molecule has 1 aromatic rings. The number of rotatable bonds is 4. The number of hydrogen-bond donors (Lipinski definition) is 2. The average molecular weight is 247 g/mol. The molecule has 0 saturated carbocycles. The molecule has 0 aliphatic rings. The number of halogens is 2. The number of benzene rings is 1. The first-order valence-corrected chi connectivity index (χ1v) is 5.57. The van der Waals surface area contributed by atoms with Crippen LogP contribution in [-0.4, -0.2) is 19.1 Å². The van der Waals surface area contributed by atoms with Crippen LogP contribution in [0.15, 0.2) is 18.2 Å². The summed E-state index contributed by atoms with van der Waals surface area (Å²) in [6.07, 6.45) is 0. The van der Waals surface area contributed by atoms with Gasteiger partial charge in [-0.15, -0.1) is 0 Å². The molecule has 2 nitrogen and oxygen atoms in total. The second-order valence-corrected chi connectivity index (χ2v) is 5.02. The maximum absolute atomic E-state index is 5.89. The summed E-state index contributed by atoms with van der Waals surface area (Å²) < 4.78 is 0. The molecule has 1 rings (SSSR count). The van der Waals surface area contributed by atoms with Gasteiger partial charge in [0.2, 0.25) is 0 Å². The molecular weight excluding hydrogens is 231 g/mol. The molecule has 0 unspecified atom stereocenters. The van der Waals surface area contributed by atoms with Gasteiger partial charge in [0.15, 0.2) is 0 Å². The molecule has 84 valence electrons. The molecule has 0 spiro atoms. The van der Waals surface area contributed by atoms with Gasteiger partial charge in [-0.05, 0) is 39.1 Å². The quantitative estimate of drug-likeness (QED) is 0.852. The molecule has 1 aromatic carbocycles. The predicted molar refractivity (Wildman–Crippen MR) is 68.1 cm³/mol. The van der Waals surface area contributed by atoms with E-state index >= 15 is 0 Å². The van der Waals surface area contributed by atoms with E-state index < -0.39 is 0 Å². The summed E-state index contributed by atoms with van der Waals surface area (Å²) >= 11 is 11.8. The highest BCUT2D eigenvalue weighted by atomic mass is 35.5. The van der Waals surface area contributed by atoms with Crippen molar-refractivity contribution in [2.24, 2.45) is 0 Å². The van der Waals surface area contributed by atoms with Gasteiger partial charge in [-0.3, -0.25) is 0 Å². The van der Waals surface area contributed by atoms with Crippen LogP contribution in [0.1, 0.15) is 13.8 Å². The monoisotopic (exact) mass is 246 g/mol. The Balaban J connectivity index is 2.65. The fourth-order valence-corrected chi connectivity index (χ4v) is 1.59. The van der Waals surface area contributed by atoms with Crippen LogP contribution in [0.3, 0.4) is 0 Å². The summed E-state index contributed by atoms with van der Waals surface area (Å²) in [5.74, 6) is 0. The molecule has 4 heteroatoms. The van der Waals surface area contributed by atoms with Crippen molar-refractivity contribution in [1.82, 2.24) is 5.32 Å². The molecule has 0 aliphatic heterocycles. The van der Waals surface area contributed by atoms with Crippen LogP contribution < -0.4 is 10.6 Å². The SMILES string of the molecule is CNC(C)(C)CNc1cc(Cl)cc(Cl)c1. The van der Waals surface area contributed by atoms with Gasteiger partial charge in [-0.25, -0.2) is 0 Å². The predicted octanol–water partition coefficient (Wildman–Crippen LogP) is 3.40. The van der Waals surface area contributed by atoms with Gasteiger partial charge in [-0.1, -0.05) is 23.2 Å². The van der Waals surface area contributed by atoms with E-state index in [4.69, 9.17) is 23.2 Å². The highest BCUT2D eigenvalue weighted by Crippen LogP contribution is 2.22. The van der Waals surface area contributed by atoms with E-state index in [1.807, 2.05) is 19.2 Å². The maximum atomic E-state index is 5.89. The first-order valence-electron chi connectivity index (χ1n) is 4.82. The molecule has 15 heavy (non-hydrogen) atoms. The third-order valence-electron chi connectivity index (χ3n) is 2.27. The number of hydrogen-bond acceptors (Lipinski definition) is 2. The van der Waals surface area contributed by atoms with Gasteiger partial charge in [0.05, 0.1) is 0 Å². The fraction of sp³-hybridized carbons (Fsp3) is 0.455. The third kappa shape index (κ3) is 4.29. The molecule has 0 saturated heterocycles. The van der Waals surface area contributed by atoms with Crippen molar-refractivity contribution in [3.05, 3.63) is 28.2 Å². The Morgan fingerprint density at radius 3 is 2.13 bits per heavy atom. The molecule has 2 N–H and O–H groups in total. The van der Waals surface area contributed by atoms with E-state index in [1.165, 1.54) is 0 Å². The Bertz CT molecular complexity index is 317. The van der Waals surface area contributed by atoms with Crippen molar-refractivity contribution >= 4 is 28.9 Å². The van der Waals surface area contributed by atoms with Crippen LogP contribution in [0.4, 0.5) is 5.69 Å². The van der Waals surface area contributed by atoms with Crippen LogP contribution in [0.25, 0.3) is 0 Å². The van der Waals surface area contributed by atoms with Crippen LogP contribution in [0, 0.1) is 0 Å². The van der Waals surface area contributed by atoms with Gasteiger partial charge < -0.3 is 10.6 Å². The van der Waals surface area contributed by atoms with E-state index in [0.29, 0.717) is 10.0 Å². The van der Waals surface area contributed by atoms with Crippen molar-refractivity contribution in [3.8, 4) is 0 Å². The van der Waals surface area contributed by atoms with E-state index in [1.54, 1.807) is 6.07 Å². The standard InChI is InChI=1S/C11H16Cl2N2/c1-11(2,14-3)7-15-10-5-8(12)4-9(13)6-10/h4-6,14-15H,7H2,1-3H3. The Kier molecular flexibility index (Phi) is 4.26. The van der Waals surface area contributed by atoms with Crippen molar-refractivity contribution in [2.45, 2.75) is 19.4 Å². The summed E-state index contributed by atoms with van der Waals surface area (Å²) in [7, 11) is 1.94. The number of likely N-dealkylation sites (N-methyl/N-ethyl adjacent to an activating group) is 1. The molecule has 0 aromatic heterocycles. The lowest BCUT2D eigenvalue weighted by molar-refractivity contribution is 0.448. The summed E-state index contributed by atoms with van der Waals surface area (Å²) in [6.45, 7) is 5.04. The second-order valence-electron chi connectivity index (χ2n) is 4.15. The first kappa shape index (κ1) is 12.6. The van der Waals surface area contributed by atoms with Gasteiger partial charge in [0.25, 0.3) is 0 Å². The fourth-order valence-electron chi connectivity index (χ4n) is 1.07. The van der Waals surface area contributed by atoms with E-state index in [0.717, 1.165) is 12.2 Å². The molecule has 0 heterocycles. The van der Waals surface area contributed by atoms with Gasteiger partial charge in [-0.2, -0.15) is 0 Å². The molecular formula is C11H16Cl2N2. The van der Waals surface area contributed by atoms with E-state index in [-0.39, 0.29) is 5.54 Å². The normalized spacial score (nSPS) is 11.5. The lowest BCUT2D eigenvalue weighted by Crippen LogP contribution is -2.42. The molecule has 0 aliphatic carbocycles. The van der Waals surface area contributed by atoms with Gasteiger partial charge >= 0.3 is 0 Å². The van der Waals surface area contributed by atoms with E-state index in [9.17, 15) is 0 Å². The summed E-state index contributed by atoms with van der Waals surface area (Å²) in [5, 5.41) is 7.79. The van der Waals surface area contributed by atoms with Crippen LogP contribution >= 0.6 is 23.2 Å². The number of anilines is 1. The Morgan fingerprint density at radius 1 is 1.13 bits per heavy atom. The highest BCUT2D eigenvalue weighted by Gasteiger charge is 2.13. The van der Waals surface area contributed by atoms with Crippen molar-refractivity contribution in [2.75, 3.05) is 18.9 Å². The van der Waals surface area contributed by atoms with Crippen LogP contribution in [0.5, 0.6) is 0 Å². The zero-order valence-electron chi connectivity index (χ0n) is 9.20. The Labute approximate surface area is 101 Å². The molecule has 0 bridgehead atoms. The smallest absolute Gasteiger partial charge is 0.0441 e. The zero-order valence-corrected chi connectivity index (χ0v) is 10.7. The zero-order chi connectivity index (χ0) is 11.5. The molecule has 0 radical (unpaired) electrons. The molecule has 0 amide bonds. The maximum Gasteiger partial charge on any atom is 0.0441 e. The number of nitrogens with one attached hydrogen (secondary N) is 2. The van der Waals surface area contributed by atoms with Crippen molar-refractivity contribution in [1.29, 1.82) is 0 Å². The molecule has 0 fully saturated rings. The second kappa shape index (κ2) is 5.06. The summed E-state index contributed by atoms with van der Waals surface area (Å²) in [4.78, 5) is 0. The Hall–Kier alpha value is -0.440. The van der Waals surface area contributed by atoms with Crippen LogP contribution in [-0.2, 0) is 0 Å². The lowest BCUT2D eigenvalue weighted by atomic mass is 10.1. The minimum Gasteiger partial charge on any atom is -0.383 e. The highest BCUT2D eigenvalue weighted by molar-refractivity contribution is 6.35. The minimum atomic E-state index is 0.0365. The lowest BCUT2D eigenvalue weighted by Gasteiger charge is -2.25. The van der Waals surface area contributed by atoms with Gasteiger partial charge in [0, 0.05) is 27.8 Å². The largest absolute Gasteiger partial charge is 0.383 e. The molecule has 0 atom stereocenters. The van der Waals surface area contributed by atoms with Crippen molar-refractivity contribution in [3.63, 3.8) is 0 Å². The van der Waals surface area contributed by atoms with Crippen LogP contribution in [0.2, 0.25) is 10.0 Å². The van der Waals surface area contributed by atoms with Crippen molar-refractivity contribution < 1.29 is 0 Å². The Morgan fingerprint density at radius 2 is 1.67 bits per heavy atom. The summed E-state index contributed by atoms with van der Waals surface area (Å²) in [5.41, 5.74) is 0.977. The summed E-state index contributed by atoms with van der Waals surface area (Å²) in [6, 6.07) is 5.44. The third-order valence-corrected chi connectivity index (χ3v) is 2.71. The van der Waals surface area contributed by atoms with E-state index in [2.05, 4.69) is 24.5 Å². The van der Waals surface area contributed by atoms with Gasteiger partial charge in [0.1, 0.15) is 0 Å². The first-order chi connectivity index (χ1) is 6.93. The minimum absolute atomic E-state index is 0.0365. The topological polar surface area (TPSA) is 24.1 Å². The average Bonchev–Trinajstić information content (AvgIpc) is 2.14.